The predicted molar refractivity (Wildman–Crippen MR) is 142 cm³/mol. The molecule has 1 aromatic rings. The fourth-order valence-corrected chi connectivity index (χ4v) is 5.88. The minimum absolute atomic E-state index is 0.0136. The Labute approximate surface area is 218 Å². The summed E-state index contributed by atoms with van der Waals surface area (Å²) in [5.74, 6) is -1.78. The Bertz CT molecular complexity index is 1070. The maximum Gasteiger partial charge on any atom is 0.292 e. The number of nitrogens with one attached hydrogen (secondary N) is 3. The zero-order chi connectivity index (χ0) is 26.3. The number of rotatable bonds is 9. The molecule has 1 saturated carbocycles. The number of allylic oxidation sites excluding steroid dienone is 1. The van der Waals surface area contributed by atoms with Gasteiger partial charge in [-0.05, 0) is 36.3 Å². The Morgan fingerprint density at radius 1 is 1.08 bits per heavy atom. The second-order valence-corrected chi connectivity index (χ2v) is 10.4. The number of carbonyl (C=O) groups is 4. The van der Waals surface area contributed by atoms with Crippen LogP contribution in [0.3, 0.4) is 0 Å². The zero-order valence-corrected chi connectivity index (χ0v) is 21.6. The van der Waals surface area contributed by atoms with Gasteiger partial charge in [-0.15, -0.1) is 0 Å². The van der Waals surface area contributed by atoms with E-state index in [1.165, 1.54) is 23.7 Å². The molecular formula is C29H38N4O4. The molecule has 4 rings (SSSR count). The molecule has 1 spiro atoms. The average molecular weight is 507 g/mol. The summed E-state index contributed by atoms with van der Waals surface area (Å²) in [6.07, 6.45) is 14.5. The number of likely N-dealkylation sites (tertiary alicyclic amines) is 1. The molecule has 3 aliphatic rings. The molecule has 0 bridgehead atoms. The molecule has 8 nitrogen and oxygen atoms in total. The van der Waals surface area contributed by atoms with E-state index >= 15 is 0 Å². The number of carbonyl (C=O) groups excluding carboxylic acids is 4. The van der Waals surface area contributed by atoms with Crippen LogP contribution in [0.15, 0.2) is 42.6 Å². The quantitative estimate of drug-likeness (QED) is 0.352. The summed E-state index contributed by atoms with van der Waals surface area (Å²) in [6.45, 7) is 1.13. The average Bonchev–Trinajstić information content (AvgIpc) is 3.28. The van der Waals surface area contributed by atoms with Crippen LogP contribution in [0.4, 0.5) is 0 Å². The van der Waals surface area contributed by atoms with Gasteiger partial charge >= 0.3 is 0 Å². The highest BCUT2D eigenvalue weighted by Crippen LogP contribution is 2.43. The summed E-state index contributed by atoms with van der Waals surface area (Å²) < 4.78 is 0. The van der Waals surface area contributed by atoms with Crippen LogP contribution in [0.25, 0.3) is 6.08 Å². The molecule has 1 heterocycles. The van der Waals surface area contributed by atoms with Crippen molar-refractivity contribution in [3.05, 3.63) is 53.7 Å². The van der Waals surface area contributed by atoms with Gasteiger partial charge in [-0.25, -0.2) is 0 Å². The summed E-state index contributed by atoms with van der Waals surface area (Å²) in [6, 6.07) is 7.56. The number of fused-ring (bicyclic) bond motifs is 2. The van der Waals surface area contributed by atoms with Crippen LogP contribution in [0.1, 0.15) is 62.5 Å². The molecule has 3 amide bonds. The largest absolute Gasteiger partial charge is 0.394 e. The van der Waals surface area contributed by atoms with E-state index in [0.29, 0.717) is 25.4 Å². The fraction of sp³-hybridized carbons (Fsp3) is 0.517. The van der Waals surface area contributed by atoms with Gasteiger partial charge < -0.3 is 20.9 Å². The van der Waals surface area contributed by atoms with Crippen molar-refractivity contribution in [2.24, 2.45) is 5.92 Å². The first-order valence-electron chi connectivity index (χ1n) is 13.4. The van der Waals surface area contributed by atoms with Crippen LogP contribution in [0.5, 0.6) is 0 Å². The van der Waals surface area contributed by atoms with Crippen LogP contribution in [0, 0.1) is 5.92 Å². The molecule has 198 valence electrons. The van der Waals surface area contributed by atoms with Gasteiger partial charge in [0.1, 0.15) is 6.04 Å². The second-order valence-electron chi connectivity index (χ2n) is 10.4. The van der Waals surface area contributed by atoms with Crippen molar-refractivity contribution in [2.45, 2.75) is 62.8 Å². The zero-order valence-electron chi connectivity index (χ0n) is 21.6. The topological polar surface area (TPSA) is 108 Å². The number of hydrogen-bond acceptors (Lipinski definition) is 5. The maximum atomic E-state index is 13.1. The van der Waals surface area contributed by atoms with Crippen molar-refractivity contribution in [2.75, 3.05) is 26.7 Å². The van der Waals surface area contributed by atoms with E-state index in [4.69, 9.17) is 0 Å². The third-order valence-electron chi connectivity index (χ3n) is 8.04. The van der Waals surface area contributed by atoms with Gasteiger partial charge in [0.25, 0.3) is 5.91 Å². The number of piperidine rings is 1. The second kappa shape index (κ2) is 12.2. The first kappa shape index (κ1) is 26.6. The Balaban J connectivity index is 1.31. The van der Waals surface area contributed by atoms with Crippen molar-refractivity contribution in [1.29, 1.82) is 0 Å². The number of amides is 3. The summed E-state index contributed by atoms with van der Waals surface area (Å²) in [4.78, 5) is 52.3. The van der Waals surface area contributed by atoms with Gasteiger partial charge in [0.15, 0.2) is 0 Å². The van der Waals surface area contributed by atoms with Gasteiger partial charge in [0, 0.05) is 37.8 Å². The molecule has 0 unspecified atom stereocenters. The SMILES string of the molecule is CNC=CC(=O)C(=O)N[C@@H](CC1CCCCC1)C(=O)NCC(=O)N1CCC2(C=Cc3ccccc32)CC1. The highest BCUT2D eigenvalue weighted by molar-refractivity contribution is 6.40. The van der Waals surface area contributed by atoms with Crippen LogP contribution < -0.4 is 16.0 Å². The van der Waals surface area contributed by atoms with E-state index in [0.717, 1.165) is 44.6 Å². The lowest BCUT2D eigenvalue weighted by molar-refractivity contribution is -0.138. The third kappa shape index (κ3) is 6.48. The van der Waals surface area contributed by atoms with E-state index in [1.54, 1.807) is 11.9 Å². The third-order valence-corrected chi connectivity index (χ3v) is 8.04. The van der Waals surface area contributed by atoms with Gasteiger partial charge in [-0.2, -0.15) is 0 Å². The van der Waals surface area contributed by atoms with Gasteiger partial charge in [-0.1, -0.05) is 68.5 Å². The van der Waals surface area contributed by atoms with Crippen molar-refractivity contribution >= 4 is 29.6 Å². The molecule has 0 radical (unpaired) electrons. The molecule has 37 heavy (non-hydrogen) atoms. The van der Waals surface area contributed by atoms with E-state index in [2.05, 4.69) is 46.3 Å². The van der Waals surface area contributed by atoms with Crippen LogP contribution in [-0.2, 0) is 24.6 Å². The molecule has 8 heteroatoms. The lowest BCUT2D eigenvalue weighted by atomic mass is 9.74. The molecule has 2 fully saturated rings. The smallest absolute Gasteiger partial charge is 0.292 e. The van der Waals surface area contributed by atoms with E-state index in [-0.39, 0.29) is 17.9 Å². The Morgan fingerprint density at radius 3 is 2.54 bits per heavy atom. The number of benzene rings is 1. The van der Waals surface area contributed by atoms with E-state index < -0.39 is 23.6 Å². The number of hydrogen-bond donors (Lipinski definition) is 3. The molecule has 1 saturated heterocycles. The Kier molecular flexibility index (Phi) is 8.79. The molecule has 0 aromatic heterocycles. The van der Waals surface area contributed by atoms with Crippen LogP contribution >= 0.6 is 0 Å². The monoisotopic (exact) mass is 506 g/mol. The molecule has 3 N–H and O–H groups in total. The molecule has 1 aliphatic heterocycles. The number of nitrogens with zero attached hydrogens (tertiary/aromatic N) is 1. The number of ketones is 1. The Hall–Kier alpha value is -3.42. The minimum Gasteiger partial charge on any atom is -0.394 e. The first-order valence-corrected chi connectivity index (χ1v) is 13.4. The van der Waals surface area contributed by atoms with Gasteiger partial charge in [0.05, 0.1) is 6.54 Å². The molecule has 1 atom stereocenters. The highest BCUT2D eigenvalue weighted by atomic mass is 16.2. The van der Waals surface area contributed by atoms with E-state index in [9.17, 15) is 19.2 Å². The molecular weight excluding hydrogens is 468 g/mol. The van der Waals surface area contributed by atoms with Crippen LogP contribution in [0.2, 0.25) is 0 Å². The lowest BCUT2D eigenvalue weighted by Crippen LogP contribution is -2.52. The normalized spacial score (nSPS) is 19.4. The summed E-state index contributed by atoms with van der Waals surface area (Å²) in [7, 11) is 1.63. The summed E-state index contributed by atoms with van der Waals surface area (Å²) in [5, 5.41) is 8.01. The first-order chi connectivity index (χ1) is 17.9. The maximum absolute atomic E-state index is 13.1. The van der Waals surface area contributed by atoms with Crippen molar-refractivity contribution in [3.63, 3.8) is 0 Å². The Morgan fingerprint density at radius 2 is 1.81 bits per heavy atom. The highest BCUT2D eigenvalue weighted by Gasteiger charge is 2.39. The van der Waals surface area contributed by atoms with Gasteiger partial charge in [-0.3, -0.25) is 19.2 Å². The predicted octanol–water partition coefficient (Wildman–Crippen LogP) is 2.45. The van der Waals surface area contributed by atoms with Crippen LogP contribution in [-0.4, -0.2) is 61.1 Å². The summed E-state index contributed by atoms with van der Waals surface area (Å²) in [5.41, 5.74) is 2.57. The minimum atomic E-state index is -0.847. The van der Waals surface area contributed by atoms with Gasteiger partial charge in [0.2, 0.25) is 17.6 Å². The summed E-state index contributed by atoms with van der Waals surface area (Å²) >= 11 is 0. The van der Waals surface area contributed by atoms with E-state index in [1.807, 2.05) is 6.07 Å². The molecule has 1 aromatic carbocycles. The van der Waals surface area contributed by atoms with Crippen molar-refractivity contribution in [1.82, 2.24) is 20.9 Å². The van der Waals surface area contributed by atoms with Crippen molar-refractivity contribution < 1.29 is 19.2 Å². The molecule has 2 aliphatic carbocycles. The lowest BCUT2D eigenvalue weighted by Gasteiger charge is -2.39. The standard InChI is InChI=1S/C29H38N4O4/c1-30-16-12-25(34)28(37)32-24(19-21-7-3-2-4-8-21)27(36)31-20-26(35)33-17-14-29(15-18-33)13-11-22-9-5-6-10-23(22)29/h5-6,9-13,16,21,24,30H,2-4,7-8,14-15,17-20H2,1H3,(H,31,36)(H,32,37)/t24-/m0/s1. The van der Waals surface area contributed by atoms with Crippen molar-refractivity contribution in [3.8, 4) is 0 Å². The fourth-order valence-electron chi connectivity index (χ4n) is 5.88.